The van der Waals surface area contributed by atoms with Gasteiger partial charge in [-0.15, -0.1) is 0 Å². The Labute approximate surface area is 159 Å². The average Bonchev–Trinajstić information content (AvgIpc) is 2.65. The van der Waals surface area contributed by atoms with Crippen molar-refractivity contribution >= 4 is 16.9 Å². The monoisotopic (exact) mass is 363 g/mol. The van der Waals surface area contributed by atoms with E-state index >= 15 is 0 Å². The first-order valence-corrected chi connectivity index (χ1v) is 9.19. The van der Waals surface area contributed by atoms with Gasteiger partial charge in [-0.05, 0) is 56.5 Å². The lowest BCUT2D eigenvalue weighted by Crippen LogP contribution is -2.30. The SMILES string of the molecule is Cc1cc2nc(C)c(=O)n(CCC(=O)NC(C)c3ccccc3)c2cc1C. The van der Waals surface area contributed by atoms with E-state index in [-0.39, 0.29) is 23.9 Å². The number of nitrogens with one attached hydrogen (secondary N) is 1. The molecule has 1 aromatic heterocycles. The third kappa shape index (κ3) is 4.08. The van der Waals surface area contributed by atoms with Crippen molar-refractivity contribution in [2.45, 2.75) is 46.7 Å². The predicted octanol–water partition coefficient (Wildman–Crippen LogP) is 3.59. The normalized spacial score (nSPS) is 12.1. The molecule has 0 aliphatic rings. The van der Waals surface area contributed by atoms with E-state index in [1.807, 2.05) is 63.2 Å². The number of benzene rings is 2. The molecule has 0 fully saturated rings. The van der Waals surface area contributed by atoms with Crippen molar-refractivity contribution in [2.75, 3.05) is 0 Å². The molecule has 1 heterocycles. The maximum Gasteiger partial charge on any atom is 0.272 e. The summed E-state index contributed by atoms with van der Waals surface area (Å²) in [6.45, 7) is 8.04. The molecule has 5 nitrogen and oxygen atoms in total. The second-order valence-electron chi connectivity index (χ2n) is 7.03. The first kappa shape index (κ1) is 18.8. The molecule has 1 unspecified atom stereocenters. The number of nitrogens with zero attached hydrogens (tertiary/aromatic N) is 2. The van der Waals surface area contributed by atoms with E-state index in [2.05, 4.69) is 10.3 Å². The summed E-state index contributed by atoms with van der Waals surface area (Å²) in [5, 5.41) is 3.00. The summed E-state index contributed by atoms with van der Waals surface area (Å²) in [6, 6.07) is 13.7. The van der Waals surface area contributed by atoms with Crippen molar-refractivity contribution < 1.29 is 4.79 Å². The zero-order valence-electron chi connectivity index (χ0n) is 16.2. The quantitative estimate of drug-likeness (QED) is 0.753. The van der Waals surface area contributed by atoms with Gasteiger partial charge in [-0.25, -0.2) is 4.98 Å². The summed E-state index contributed by atoms with van der Waals surface area (Å²) in [5.74, 6) is -0.0790. The van der Waals surface area contributed by atoms with E-state index in [9.17, 15) is 9.59 Å². The van der Waals surface area contributed by atoms with Crippen molar-refractivity contribution in [1.29, 1.82) is 0 Å². The molecule has 5 heteroatoms. The van der Waals surface area contributed by atoms with Crippen LogP contribution in [0.2, 0.25) is 0 Å². The molecule has 0 saturated carbocycles. The number of aromatic nitrogens is 2. The Kier molecular flexibility index (Phi) is 5.40. The molecule has 0 aliphatic carbocycles. The van der Waals surface area contributed by atoms with Gasteiger partial charge >= 0.3 is 0 Å². The average molecular weight is 363 g/mol. The van der Waals surface area contributed by atoms with Crippen LogP contribution in [-0.2, 0) is 11.3 Å². The highest BCUT2D eigenvalue weighted by atomic mass is 16.2. The molecule has 0 aliphatic heterocycles. The van der Waals surface area contributed by atoms with Crippen molar-refractivity contribution in [3.63, 3.8) is 0 Å². The summed E-state index contributed by atoms with van der Waals surface area (Å²) in [7, 11) is 0. The molecule has 27 heavy (non-hydrogen) atoms. The summed E-state index contributed by atoms with van der Waals surface area (Å²) in [5.41, 5.74) is 5.15. The van der Waals surface area contributed by atoms with Crippen LogP contribution in [0.25, 0.3) is 11.0 Å². The fourth-order valence-electron chi connectivity index (χ4n) is 3.20. The number of rotatable bonds is 5. The van der Waals surface area contributed by atoms with E-state index in [0.717, 1.165) is 27.7 Å². The molecular formula is C22H25N3O2. The zero-order valence-corrected chi connectivity index (χ0v) is 16.2. The Morgan fingerprint density at radius 2 is 1.78 bits per heavy atom. The molecule has 3 aromatic rings. The smallest absolute Gasteiger partial charge is 0.272 e. The molecule has 3 rings (SSSR count). The van der Waals surface area contributed by atoms with Crippen LogP contribution < -0.4 is 10.9 Å². The Hall–Kier alpha value is -2.95. The van der Waals surface area contributed by atoms with Gasteiger partial charge in [0.25, 0.3) is 5.56 Å². The minimum atomic E-state index is -0.144. The number of hydrogen-bond acceptors (Lipinski definition) is 3. The standard InChI is InChI=1S/C22H25N3O2/c1-14-12-19-20(13-15(14)2)25(22(27)17(4)23-19)11-10-21(26)24-16(3)18-8-6-5-7-9-18/h5-9,12-13,16H,10-11H2,1-4H3,(H,24,26). The molecule has 1 atom stereocenters. The van der Waals surface area contributed by atoms with E-state index in [4.69, 9.17) is 0 Å². The highest BCUT2D eigenvalue weighted by Crippen LogP contribution is 2.17. The number of carbonyl (C=O) groups excluding carboxylic acids is 1. The van der Waals surface area contributed by atoms with Gasteiger partial charge in [-0.2, -0.15) is 0 Å². The number of fused-ring (bicyclic) bond motifs is 1. The van der Waals surface area contributed by atoms with Gasteiger partial charge in [0.2, 0.25) is 5.91 Å². The molecule has 0 bridgehead atoms. The topological polar surface area (TPSA) is 64.0 Å². The van der Waals surface area contributed by atoms with Gasteiger partial charge in [-0.1, -0.05) is 30.3 Å². The van der Waals surface area contributed by atoms with E-state index in [1.165, 1.54) is 0 Å². The Bertz CT molecular complexity index is 1040. The van der Waals surface area contributed by atoms with Crippen molar-refractivity contribution in [1.82, 2.24) is 14.9 Å². The Morgan fingerprint density at radius 1 is 1.11 bits per heavy atom. The molecule has 140 valence electrons. The highest BCUT2D eigenvalue weighted by molar-refractivity contribution is 5.78. The minimum absolute atomic E-state index is 0.0729. The number of hydrogen-bond donors (Lipinski definition) is 1. The fraction of sp³-hybridized carbons (Fsp3) is 0.318. The predicted molar refractivity (Wildman–Crippen MR) is 108 cm³/mol. The second-order valence-corrected chi connectivity index (χ2v) is 7.03. The molecule has 0 radical (unpaired) electrons. The molecular weight excluding hydrogens is 338 g/mol. The maximum absolute atomic E-state index is 12.6. The van der Waals surface area contributed by atoms with Gasteiger partial charge in [0.1, 0.15) is 5.69 Å². The largest absolute Gasteiger partial charge is 0.350 e. The summed E-state index contributed by atoms with van der Waals surface area (Å²) in [6.07, 6.45) is 0.239. The van der Waals surface area contributed by atoms with Crippen LogP contribution in [0.1, 0.15) is 41.8 Å². The molecule has 0 saturated heterocycles. The van der Waals surface area contributed by atoms with Gasteiger partial charge in [-0.3, -0.25) is 9.59 Å². The second kappa shape index (κ2) is 7.74. The van der Waals surface area contributed by atoms with E-state index < -0.39 is 0 Å². The zero-order chi connectivity index (χ0) is 19.6. The molecule has 1 amide bonds. The van der Waals surface area contributed by atoms with Gasteiger partial charge in [0.15, 0.2) is 0 Å². The minimum Gasteiger partial charge on any atom is -0.350 e. The highest BCUT2D eigenvalue weighted by Gasteiger charge is 2.13. The molecule has 1 N–H and O–H groups in total. The molecule has 0 spiro atoms. The van der Waals surface area contributed by atoms with Crippen LogP contribution in [0.4, 0.5) is 0 Å². The van der Waals surface area contributed by atoms with Crippen LogP contribution in [0.15, 0.2) is 47.3 Å². The van der Waals surface area contributed by atoms with Crippen LogP contribution in [0.5, 0.6) is 0 Å². The maximum atomic E-state index is 12.6. The van der Waals surface area contributed by atoms with Gasteiger partial charge in [0, 0.05) is 13.0 Å². The number of amides is 1. The lowest BCUT2D eigenvalue weighted by molar-refractivity contribution is -0.121. The number of aryl methyl sites for hydroxylation is 4. The Morgan fingerprint density at radius 3 is 2.48 bits per heavy atom. The van der Waals surface area contributed by atoms with Crippen LogP contribution >= 0.6 is 0 Å². The summed E-state index contributed by atoms with van der Waals surface area (Å²) in [4.78, 5) is 29.4. The summed E-state index contributed by atoms with van der Waals surface area (Å²) >= 11 is 0. The molecule has 2 aromatic carbocycles. The lowest BCUT2D eigenvalue weighted by atomic mass is 10.1. The van der Waals surface area contributed by atoms with E-state index in [1.54, 1.807) is 11.5 Å². The first-order valence-electron chi connectivity index (χ1n) is 9.19. The van der Waals surface area contributed by atoms with Crippen molar-refractivity contribution in [3.8, 4) is 0 Å². The third-order valence-electron chi connectivity index (χ3n) is 4.96. The third-order valence-corrected chi connectivity index (χ3v) is 4.96. The van der Waals surface area contributed by atoms with Crippen LogP contribution in [-0.4, -0.2) is 15.5 Å². The number of carbonyl (C=O) groups is 1. The fourth-order valence-corrected chi connectivity index (χ4v) is 3.20. The van der Waals surface area contributed by atoms with Crippen molar-refractivity contribution in [2.24, 2.45) is 0 Å². The van der Waals surface area contributed by atoms with Gasteiger partial charge < -0.3 is 9.88 Å². The summed E-state index contributed by atoms with van der Waals surface area (Å²) < 4.78 is 1.66. The van der Waals surface area contributed by atoms with E-state index in [0.29, 0.717) is 12.2 Å². The van der Waals surface area contributed by atoms with Crippen molar-refractivity contribution in [3.05, 3.63) is 75.2 Å². The lowest BCUT2D eigenvalue weighted by Gasteiger charge is -2.16. The van der Waals surface area contributed by atoms with Gasteiger partial charge in [0.05, 0.1) is 17.1 Å². The van der Waals surface area contributed by atoms with Crippen LogP contribution in [0, 0.1) is 20.8 Å². The first-order chi connectivity index (χ1) is 12.9. The Balaban J connectivity index is 1.80. The van der Waals surface area contributed by atoms with Crippen LogP contribution in [0.3, 0.4) is 0 Å².